The van der Waals surface area contributed by atoms with Gasteiger partial charge in [0.1, 0.15) is 17.3 Å². The van der Waals surface area contributed by atoms with Gasteiger partial charge in [-0.05, 0) is 6.42 Å². The smallest absolute Gasteiger partial charge is 0.255 e. The van der Waals surface area contributed by atoms with Crippen molar-refractivity contribution in [2.24, 2.45) is 0 Å². The summed E-state index contributed by atoms with van der Waals surface area (Å²) in [5.41, 5.74) is 0. The molecule has 19 heavy (non-hydrogen) atoms. The topological polar surface area (TPSA) is 73.6 Å². The van der Waals surface area contributed by atoms with Crippen LogP contribution in [0.3, 0.4) is 0 Å². The number of halogens is 1. The molecule has 0 bridgehead atoms. The molecule has 2 aromatic heterocycles. The van der Waals surface area contributed by atoms with Crippen LogP contribution < -0.4 is 5.32 Å². The Bertz CT molecular complexity index is 519. The van der Waals surface area contributed by atoms with Gasteiger partial charge >= 0.3 is 0 Å². The lowest BCUT2D eigenvalue weighted by Crippen LogP contribution is -2.11. The molecule has 2 heterocycles. The maximum absolute atomic E-state index is 5.91. The van der Waals surface area contributed by atoms with Crippen molar-refractivity contribution < 1.29 is 9.47 Å². The molecular formula is C11H16ClN5O2. The molecular weight excluding hydrogens is 270 g/mol. The van der Waals surface area contributed by atoms with Crippen molar-refractivity contribution in [3.05, 3.63) is 17.5 Å². The Hall–Kier alpha value is -1.44. The number of anilines is 1. The van der Waals surface area contributed by atoms with Crippen molar-refractivity contribution in [1.29, 1.82) is 0 Å². The molecule has 0 saturated heterocycles. The highest BCUT2D eigenvalue weighted by Gasteiger charge is 2.05. The molecule has 1 N–H and O–H groups in total. The number of aromatic nitrogens is 4. The summed E-state index contributed by atoms with van der Waals surface area (Å²) >= 11 is 5.91. The van der Waals surface area contributed by atoms with Crippen molar-refractivity contribution in [1.82, 2.24) is 19.6 Å². The molecule has 8 heteroatoms. The SMILES string of the molecule is COCCOCCCNc1cc(Cl)nc2ncnn12. The molecule has 0 unspecified atom stereocenters. The molecule has 0 spiro atoms. The van der Waals surface area contributed by atoms with E-state index in [1.807, 2.05) is 0 Å². The molecule has 0 aliphatic rings. The van der Waals surface area contributed by atoms with Gasteiger partial charge in [-0.1, -0.05) is 11.6 Å². The first-order valence-corrected chi connectivity index (χ1v) is 6.36. The average molecular weight is 286 g/mol. The van der Waals surface area contributed by atoms with Gasteiger partial charge in [-0.15, -0.1) is 0 Å². The number of methoxy groups -OCH3 is 1. The second kappa shape index (κ2) is 7.22. The van der Waals surface area contributed by atoms with Crippen molar-refractivity contribution in [3.8, 4) is 0 Å². The van der Waals surface area contributed by atoms with Crippen LogP contribution in [0.15, 0.2) is 12.4 Å². The van der Waals surface area contributed by atoms with Crippen LogP contribution in [0.25, 0.3) is 5.78 Å². The van der Waals surface area contributed by atoms with Crippen molar-refractivity contribution in [2.45, 2.75) is 6.42 Å². The summed E-state index contributed by atoms with van der Waals surface area (Å²) in [6.07, 6.45) is 2.32. The lowest BCUT2D eigenvalue weighted by atomic mass is 10.4. The van der Waals surface area contributed by atoms with Crippen LogP contribution in [0.5, 0.6) is 0 Å². The van der Waals surface area contributed by atoms with E-state index in [0.29, 0.717) is 30.8 Å². The van der Waals surface area contributed by atoms with E-state index >= 15 is 0 Å². The van der Waals surface area contributed by atoms with Gasteiger partial charge in [0.2, 0.25) is 0 Å². The van der Waals surface area contributed by atoms with Gasteiger partial charge in [0.15, 0.2) is 0 Å². The van der Waals surface area contributed by atoms with Gasteiger partial charge in [-0.3, -0.25) is 0 Å². The van der Waals surface area contributed by atoms with Gasteiger partial charge in [-0.2, -0.15) is 19.6 Å². The van der Waals surface area contributed by atoms with Crippen LogP contribution in [0.1, 0.15) is 6.42 Å². The molecule has 0 aliphatic heterocycles. The van der Waals surface area contributed by atoms with Crippen LogP contribution in [0.4, 0.5) is 5.82 Å². The normalized spacial score (nSPS) is 11.1. The van der Waals surface area contributed by atoms with E-state index in [-0.39, 0.29) is 0 Å². The number of nitrogens with zero attached hydrogens (tertiary/aromatic N) is 4. The third-order valence-electron chi connectivity index (χ3n) is 2.42. The monoisotopic (exact) mass is 285 g/mol. The maximum atomic E-state index is 5.91. The van der Waals surface area contributed by atoms with Gasteiger partial charge in [0.25, 0.3) is 5.78 Å². The number of rotatable bonds is 8. The Morgan fingerprint density at radius 1 is 1.37 bits per heavy atom. The molecule has 104 valence electrons. The van der Waals surface area contributed by atoms with Crippen molar-refractivity contribution in [2.75, 3.05) is 38.8 Å². The predicted molar refractivity (Wildman–Crippen MR) is 71.6 cm³/mol. The van der Waals surface area contributed by atoms with Gasteiger partial charge in [-0.25, -0.2) is 0 Å². The molecule has 2 rings (SSSR count). The van der Waals surface area contributed by atoms with Gasteiger partial charge < -0.3 is 14.8 Å². The molecule has 0 fully saturated rings. The van der Waals surface area contributed by atoms with E-state index in [1.54, 1.807) is 17.7 Å². The quantitative estimate of drug-likeness (QED) is 0.581. The molecule has 0 saturated carbocycles. The second-order valence-electron chi connectivity index (χ2n) is 3.82. The van der Waals surface area contributed by atoms with Crippen LogP contribution >= 0.6 is 11.6 Å². The Morgan fingerprint density at radius 2 is 2.26 bits per heavy atom. The lowest BCUT2D eigenvalue weighted by molar-refractivity contribution is 0.0705. The lowest BCUT2D eigenvalue weighted by Gasteiger charge is -2.08. The average Bonchev–Trinajstić information content (AvgIpc) is 2.85. The van der Waals surface area contributed by atoms with Crippen LogP contribution in [0.2, 0.25) is 5.15 Å². The Labute approximate surface area is 115 Å². The Kier molecular flexibility index (Phi) is 5.31. The van der Waals surface area contributed by atoms with E-state index in [4.69, 9.17) is 21.1 Å². The summed E-state index contributed by atoms with van der Waals surface area (Å²) in [6, 6.07) is 1.72. The van der Waals surface area contributed by atoms with E-state index in [1.165, 1.54) is 6.33 Å². The molecule has 0 amide bonds. The fourth-order valence-electron chi connectivity index (χ4n) is 1.54. The third kappa shape index (κ3) is 4.02. The zero-order chi connectivity index (χ0) is 13.5. The zero-order valence-electron chi connectivity index (χ0n) is 10.7. The zero-order valence-corrected chi connectivity index (χ0v) is 11.4. The van der Waals surface area contributed by atoms with E-state index in [2.05, 4.69) is 20.4 Å². The molecule has 0 atom stereocenters. The molecule has 7 nitrogen and oxygen atoms in total. The number of fused-ring (bicyclic) bond motifs is 1. The Balaban J connectivity index is 1.79. The predicted octanol–water partition coefficient (Wildman–Crippen LogP) is 1.24. The summed E-state index contributed by atoms with van der Waals surface area (Å²) in [6.45, 7) is 2.66. The van der Waals surface area contributed by atoms with Crippen LogP contribution in [-0.4, -0.2) is 53.1 Å². The van der Waals surface area contributed by atoms with E-state index < -0.39 is 0 Å². The third-order valence-corrected chi connectivity index (χ3v) is 2.62. The molecule has 0 aliphatic carbocycles. The number of ether oxygens (including phenoxy) is 2. The Morgan fingerprint density at radius 3 is 3.11 bits per heavy atom. The number of hydrogen-bond donors (Lipinski definition) is 1. The van der Waals surface area contributed by atoms with Crippen molar-refractivity contribution >= 4 is 23.2 Å². The minimum Gasteiger partial charge on any atom is -0.382 e. The second-order valence-corrected chi connectivity index (χ2v) is 4.21. The van der Waals surface area contributed by atoms with E-state index in [0.717, 1.165) is 18.8 Å². The maximum Gasteiger partial charge on any atom is 0.255 e. The van der Waals surface area contributed by atoms with E-state index in [9.17, 15) is 0 Å². The highest BCUT2D eigenvalue weighted by atomic mass is 35.5. The molecule has 0 aromatic carbocycles. The largest absolute Gasteiger partial charge is 0.382 e. The number of nitrogens with one attached hydrogen (secondary N) is 1. The highest BCUT2D eigenvalue weighted by Crippen LogP contribution is 2.14. The molecule has 0 radical (unpaired) electrons. The first-order chi connectivity index (χ1) is 9.31. The fourth-order valence-corrected chi connectivity index (χ4v) is 1.72. The standard InChI is InChI=1S/C11H16ClN5O2/c1-18-5-6-19-4-2-3-13-10-7-9(12)16-11-14-8-15-17(10)11/h7-8,13H,2-6H2,1H3. The van der Waals surface area contributed by atoms with Crippen LogP contribution in [0, 0.1) is 0 Å². The highest BCUT2D eigenvalue weighted by molar-refractivity contribution is 6.29. The van der Waals surface area contributed by atoms with Gasteiger partial charge in [0.05, 0.1) is 13.2 Å². The molecule has 2 aromatic rings. The minimum absolute atomic E-state index is 0.388. The minimum atomic E-state index is 0.388. The number of hydrogen-bond acceptors (Lipinski definition) is 6. The van der Waals surface area contributed by atoms with Gasteiger partial charge in [0, 0.05) is 26.3 Å². The summed E-state index contributed by atoms with van der Waals surface area (Å²) in [7, 11) is 1.65. The first-order valence-electron chi connectivity index (χ1n) is 5.98. The summed E-state index contributed by atoms with van der Waals surface area (Å²) in [4.78, 5) is 8.05. The van der Waals surface area contributed by atoms with Crippen LogP contribution in [-0.2, 0) is 9.47 Å². The summed E-state index contributed by atoms with van der Waals surface area (Å²) in [5.74, 6) is 1.25. The fraction of sp³-hybridized carbons (Fsp3) is 0.545. The summed E-state index contributed by atoms with van der Waals surface area (Å²) < 4.78 is 11.9. The van der Waals surface area contributed by atoms with Crippen molar-refractivity contribution in [3.63, 3.8) is 0 Å². The summed E-state index contributed by atoms with van der Waals surface area (Å²) in [5, 5.41) is 7.69. The first kappa shape index (κ1) is 14.0.